The van der Waals surface area contributed by atoms with Crippen LogP contribution in [0.4, 0.5) is 10.5 Å². The molecule has 1 N–H and O–H groups in total. The van der Waals surface area contributed by atoms with Crippen LogP contribution in [0.15, 0.2) is 12.1 Å². The molecular formula is C11H15NO3. The largest absolute Gasteiger partial charge is 0.496 e. The number of rotatable bonds is 2. The first-order chi connectivity index (χ1) is 7.10. The van der Waals surface area contributed by atoms with Gasteiger partial charge in [-0.05, 0) is 37.1 Å². The molecule has 0 heterocycles. The van der Waals surface area contributed by atoms with Crippen LogP contribution in [0.5, 0.6) is 5.75 Å². The first-order valence-electron chi connectivity index (χ1n) is 4.59. The summed E-state index contributed by atoms with van der Waals surface area (Å²) in [4.78, 5) is 11.0. The maximum Gasteiger partial charge on any atom is 0.411 e. The molecule has 1 aromatic rings. The number of methoxy groups -OCH3 is 2. The van der Waals surface area contributed by atoms with Crippen molar-refractivity contribution in [3.63, 3.8) is 0 Å². The zero-order chi connectivity index (χ0) is 11.4. The molecule has 1 rings (SSSR count). The Kier molecular flexibility index (Phi) is 3.55. The zero-order valence-corrected chi connectivity index (χ0v) is 9.38. The predicted octanol–water partition coefficient (Wildman–Crippen LogP) is 2.49. The molecule has 0 aromatic heterocycles. The molecular weight excluding hydrogens is 194 g/mol. The van der Waals surface area contributed by atoms with Crippen molar-refractivity contribution in [2.24, 2.45) is 0 Å². The average molecular weight is 209 g/mol. The summed E-state index contributed by atoms with van der Waals surface area (Å²) < 4.78 is 9.69. The van der Waals surface area contributed by atoms with E-state index in [1.165, 1.54) is 7.11 Å². The van der Waals surface area contributed by atoms with E-state index < -0.39 is 6.09 Å². The molecule has 0 aliphatic carbocycles. The summed E-state index contributed by atoms with van der Waals surface area (Å²) in [7, 11) is 2.95. The van der Waals surface area contributed by atoms with Crippen LogP contribution in [0.25, 0.3) is 0 Å². The Bertz CT molecular complexity index is 374. The maximum atomic E-state index is 11.0. The van der Waals surface area contributed by atoms with E-state index in [2.05, 4.69) is 10.1 Å². The van der Waals surface area contributed by atoms with Crippen LogP contribution in [-0.2, 0) is 4.74 Å². The molecule has 4 heteroatoms. The monoisotopic (exact) mass is 209 g/mol. The third-order valence-corrected chi connectivity index (χ3v) is 2.38. The molecule has 0 spiro atoms. The topological polar surface area (TPSA) is 47.6 Å². The van der Waals surface area contributed by atoms with Crippen molar-refractivity contribution in [2.45, 2.75) is 13.8 Å². The zero-order valence-electron chi connectivity index (χ0n) is 9.38. The average Bonchev–Trinajstić information content (AvgIpc) is 2.25. The normalized spacial score (nSPS) is 9.60. The number of benzene rings is 1. The van der Waals surface area contributed by atoms with Gasteiger partial charge in [0, 0.05) is 5.69 Å². The summed E-state index contributed by atoms with van der Waals surface area (Å²) in [6.45, 7) is 3.86. The Morgan fingerprint density at radius 2 is 1.87 bits per heavy atom. The van der Waals surface area contributed by atoms with Crippen LogP contribution in [0.2, 0.25) is 0 Å². The van der Waals surface area contributed by atoms with Crippen molar-refractivity contribution >= 4 is 11.8 Å². The Labute approximate surface area is 89.2 Å². The fraction of sp³-hybridized carbons (Fsp3) is 0.364. The minimum Gasteiger partial charge on any atom is -0.496 e. The van der Waals surface area contributed by atoms with E-state index in [9.17, 15) is 4.79 Å². The number of nitrogens with one attached hydrogen (secondary N) is 1. The number of hydrogen-bond donors (Lipinski definition) is 1. The third-order valence-electron chi connectivity index (χ3n) is 2.38. The Morgan fingerprint density at radius 1 is 1.20 bits per heavy atom. The van der Waals surface area contributed by atoms with E-state index in [1.54, 1.807) is 13.2 Å². The van der Waals surface area contributed by atoms with Crippen molar-refractivity contribution in [2.75, 3.05) is 19.5 Å². The van der Waals surface area contributed by atoms with Crippen molar-refractivity contribution in [1.29, 1.82) is 0 Å². The summed E-state index contributed by atoms with van der Waals surface area (Å²) in [6.07, 6.45) is -0.470. The summed E-state index contributed by atoms with van der Waals surface area (Å²) >= 11 is 0. The molecule has 15 heavy (non-hydrogen) atoms. The molecule has 0 radical (unpaired) electrons. The molecule has 0 bridgehead atoms. The first kappa shape index (κ1) is 11.4. The molecule has 82 valence electrons. The van der Waals surface area contributed by atoms with Crippen LogP contribution in [0.3, 0.4) is 0 Å². The number of anilines is 1. The highest BCUT2D eigenvalue weighted by Crippen LogP contribution is 2.27. The quantitative estimate of drug-likeness (QED) is 0.814. The predicted molar refractivity (Wildman–Crippen MR) is 58.5 cm³/mol. The van der Waals surface area contributed by atoms with Crippen molar-refractivity contribution in [3.05, 3.63) is 23.3 Å². The highest BCUT2D eigenvalue weighted by molar-refractivity contribution is 5.86. The highest BCUT2D eigenvalue weighted by atomic mass is 16.5. The van der Waals surface area contributed by atoms with Gasteiger partial charge in [0.05, 0.1) is 14.2 Å². The first-order valence-corrected chi connectivity index (χ1v) is 4.59. The Morgan fingerprint density at radius 3 is 2.40 bits per heavy atom. The van der Waals surface area contributed by atoms with Gasteiger partial charge in [0.15, 0.2) is 0 Å². The van der Waals surface area contributed by atoms with E-state index >= 15 is 0 Å². The lowest BCUT2D eigenvalue weighted by Crippen LogP contribution is -2.12. The van der Waals surface area contributed by atoms with Gasteiger partial charge in [-0.25, -0.2) is 4.79 Å². The van der Waals surface area contributed by atoms with E-state index in [1.807, 2.05) is 19.9 Å². The van der Waals surface area contributed by atoms with Gasteiger partial charge in [-0.15, -0.1) is 0 Å². The van der Waals surface area contributed by atoms with Crippen LogP contribution >= 0.6 is 0 Å². The van der Waals surface area contributed by atoms with E-state index in [0.29, 0.717) is 0 Å². The van der Waals surface area contributed by atoms with Crippen molar-refractivity contribution in [3.8, 4) is 5.75 Å². The second kappa shape index (κ2) is 4.68. The second-order valence-electron chi connectivity index (χ2n) is 3.18. The lowest BCUT2D eigenvalue weighted by Gasteiger charge is -2.12. The number of carbonyl (C=O) groups excluding carboxylic acids is 1. The fourth-order valence-electron chi connectivity index (χ4n) is 1.31. The molecule has 1 aromatic carbocycles. The molecule has 0 aliphatic rings. The van der Waals surface area contributed by atoms with Gasteiger partial charge in [-0.3, -0.25) is 5.32 Å². The van der Waals surface area contributed by atoms with Gasteiger partial charge >= 0.3 is 6.09 Å². The summed E-state index contributed by atoms with van der Waals surface area (Å²) in [5.41, 5.74) is 2.71. The molecule has 4 nitrogen and oxygen atoms in total. The SMILES string of the molecule is COC(=O)Nc1ccc(OC)c(C)c1C. The molecule has 0 aliphatic heterocycles. The summed E-state index contributed by atoms with van der Waals surface area (Å²) in [6, 6.07) is 3.60. The molecule has 1 amide bonds. The van der Waals surface area contributed by atoms with Gasteiger partial charge in [-0.2, -0.15) is 0 Å². The van der Waals surface area contributed by atoms with Crippen LogP contribution in [0, 0.1) is 13.8 Å². The van der Waals surface area contributed by atoms with Crippen molar-refractivity contribution < 1.29 is 14.3 Å². The van der Waals surface area contributed by atoms with E-state index in [4.69, 9.17) is 4.74 Å². The number of hydrogen-bond acceptors (Lipinski definition) is 3. The minimum atomic E-state index is -0.470. The van der Waals surface area contributed by atoms with Crippen LogP contribution in [-0.4, -0.2) is 20.3 Å². The third kappa shape index (κ3) is 2.40. The van der Waals surface area contributed by atoms with Gasteiger partial charge in [0.2, 0.25) is 0 Å². The maximum absolute atomic E-state index is 11.0. The second-order valence-corrected chi connectivity index (χ2v) is 3.18. The van der Waals surface area contributed by atoms with E-state index in [0.717, 1.165) is 22.6 Å². The van der Waals surface area contributed by atoms with Gasteiger partial charge in [0.1, 0.15) is 5.75 Å². The molecule has 0 unspecified atom stereocenters. The molecule has 0 saturated carbocycles. The summed E-state index contributed by atoms with van der Waals surface area (Å²) in [5, 5.41) is 2.64. The van der Waals surface area contributed by atoms with E-state index in [-0.39, 0.29) is 0 Å². The number of carbonyl (C=O) groups is 1. The van der Waals surface area contributed by atoms with Crippen LogP contribution in [0.1, 0.15) is 11.1 Å². The Balaban J connectivity index is 3.01. The number of amides is 1. The lowest BCUT2D eigenvalue weighted by atomic mass is 10.1. The van der Waals surface area contributed by atoms with Crippen molar-refractivity contribution in [1.82, 2.24) is 0 Å². The highest BCUT2D eigenvalue weighted by Gasteiger charge is 2.08. The molecule has 0 fully saturated rings. The molecule has 0 saturated heterocycles. The van der Waals surface area contributed by atoms with Gasteiger partial charge < -0.3 is 9.47 Å². The van der Waals surface area contributed by atoms with Gasteiger partial charge in [-0.1, -0.05) is 0 Å². The fourth-order valence-corrected chi connectivity index (χ4v) is 1.31. The molecule has 0 atom stereocenters. The van der Waals surface area contributed by atoms with Crippen LogP contribution < -0.4 is 10.1 Å². The minimum absolute atomic E-state index is 0.470. The van der Waals surface area contributed by atoms with Gasteiger partial charge in [0.25, 0.3) is 0 Å². The summed E-state index contributed by atoms with van der Waals surface area (Å²) in [5.74, 6) is 0.808. The Hall–Kier alpha value is -1.71. The smallest absolute Gasteiger partial charge is 0.411 e. The lowest BCUT2D eigenvalue weighted by molar-refractivity contribution is 0.187. The standard InChI is InChI=1S/C11H15NO3/c1-7-8(2)10(14-3)6-5-9(7)12-11(13)15-4/h5-6H,1-4H3,(H,12,13). The number of ether oxygens (including phenoxy) is 2.